The molecule has 1 aliphatic heterocycles. The lowest BCUT2D eigenvalue weighted by Gasteiger charge is -2.39. The number of rotatable bonds is 4. The van der Waals surface area contributed by atoms with Gasteiger partial charge >= 0.3 is 12.1 Å². The summed E-state index contributed by atoms with van der Waals surface area (Å²) in [6, 6.07) is 1.63. The van der Waals surface area contributed by atoms with Crippen LogP contribution in [0.3, 0.4) is 0 Å². The van der Waals surface area contributed by atoms with Gasteiger partial charge in [0.25, 0.3) is 5.91 Å². The molecule has 1 aliphatic carbocycles. The van der Waals surface area contributed by atoms with E-state index >= 15 is 0 Å². The number of nitrogens with two attached hydrogens (primary N) is 1. The zero-order chi connectivity index (χ0) is 22.4. The normalized spacial score (nSPS) is 25.1. The molecule has 1 saturated carbocycles. The number of carbonyl (C=O) groups is 2. The summed E-state index contributed by atoms with van der Waals surface area (Å²) in [5.41, 5.74) is 5.49. The monoisotopic (exact) mass is 443 g/mol. The molecule has 2 N–H and O–H groups in total. The minimum Gasteiger partial charge on any atom is -0.366 e. The third-order valence-electron chi connectivity index (χ3n) is 6.33. The highest BCUT2D eigenvalue weighted by molar-refractivity contribution is 6.04. The van der Waals surface area contributed by atoms with E-state index in [0.717, 1.165) is 25.3 Å². The Bertz CT molecular complexity index is 1020. The Morgan fingerprint density at radius 2 is 1.87 bits per heavy atom. The fourth-order valence-corrected chi connectivity index (χ4v) is 4.87. The Balaban J connectivity index is 1.66. The smallest absolute Gasteiger partial charge is 0.366 e. The number of quaternary nitrogens is 1. The van der Waals surface area contributed by atoms with Crippen molar-refractivity contribution in [1.29, 1.82) is 0 Å². The number of alkyl halides is 3. The van der Waals surface area contributed by atoms with Crippen LogP contribution >= 0.6 is 0 Å². The summed E-state index contributed by atoms with van der Waals surface area (Å²) in [5.74, 6) is -3.66. The highest BCUT2D eigenvalue weighted by Crippen LogP contribution is 2.39. The molecule has 0 spiro atoms. The number of halogens is 4. The zero-order valence-corrected chi connectivity index (χ0v) is 16.7. The van der Waals surface area contributed by atoms with Gasteiger partial charge in [0.15, 0.2) is 0 Å². The number of aromatic nitrogens is 2. The minimum atomic E-state index is -5.08. The van der Waals surface area contributed by atoms with Crippen LogP contribution in [0.25, 0.3) is 10.9 Å². The maximum atomic E-state index is 13.9. The van der Waals surface area contributed by atoms with E-state index < -0.39 is 28.5 Å². The maximum Gasteiger partial charge on any atom is 0.497 e. The number of nitrogens with zero attached hydrogens (tertiary/aromatic N) is 3. The van der Waals surface area contributed by atoms with Crippen LogP contribution in [0.1, 0.15) is 54.9 Å². The van der Waals surface area contributed by atoms with Crippen molar-refractivity contribution in [2.45, 2.75) is 56.8 Å². The molecular formula is C20H23F4N4O3+. The molecule has 1 aromatic carbocycles. The molecule has 7 nitrogen and oxygen atoms in total. The molecule has 2 unspecified atom stereocenters. The summed E-state index contributed by atoms with van der Waals surface area (Å²) in [6.45, 7) is 0.346. The molecule has 168 valence electrons. The molecule has 1 saturated heterocycles. The first-order valence-electron chi connectivity index (χ1n) is 10.2. The van der Waals surface area contributed by atoms with Gasteiger partial charge in [0.2, 0.25) is 0 Å². The second kappa shape index (κ2) is 7.77. The average Bonchev–Trinajstić information content (AvgIpc) is 3.32. The van der Waals surface area contributed by atoms with Gasteiger partial charge in [-0.05, 0) is 25.0 Å². The van der Waals surface area contributed by atoms with E-state index in [9.17, 15) is 27.2 Å². The molecule has 2 heterocycles. The molecule has 4 rings (SSSR count). The zero-order valence-electron chi connectivity index (χ0n) is 16.7. The Kier molecular flexibility index (Phi) is 5.40. The lowest BCUT2D eigenvalue weighted by atomic mass is 9.94. The van der Waals surface area contributed by atoms with E-state index in [0.29, 0.717) is 24.6 Å². The number of hydrogen-bond acceptors (Lipinski definition) is 4. The number of primary amides is 1. The van der Waals surface area contributed by atoms with Gasteiger partial charge < -0.3 is 5.73 Å². The Hall–Kier alpha value is -2.69. The molecular weight excluding hydrogens is 420 g/mol. The number of carbonyl (C=O) groups excluding carboxylic acids is 2. The van der Waals surface area contributed by atoms with Crippen molar-refractivity contribution in [3.05, 3.63) is 29.7 Å². The van der Waals surface area contributed by atoms with Crippen molar-refractivity contribution in [1.82, 2.24) is 9.78 Å². The van der Waals surface area contributed by atoms with Crippen LogP contribution in [0.4, 0.5) is 17.6 Å². The molecule has 0 radical (unpaired) electrons. The van der Waals surface area contributed by atoms with Crippen LogP contribution < -0.4 is 5.73 Å². The molecule has 1 amide bonds. The lowest BCUT2D eigenvalue weighted by molar-refractivity contribution is -1.10. The Labute approximate surface area is 175 Å². The number of hydroxylamine groups is 3. The van der Waals surface area contributed by atoms with E-state index in [2.05, 4.69) is 5.10 Å². The average molecular weight is 443 g/mol. The van der Waals surface area contributed by atoms with E-state index in [4.69, 9.17) is 10.6 Å². The molecule has 11 heteroatoms. The van der Waals surface area contributed by atoms with Crippen molar-refractivity contribution < 1.29 is 36.6 Å². The van der Waals surface area contributed by atoms with Crippen LogP contribution in [0.15, 0.2) is 18.3 Å². The van der Waals surface area contributed by atoms with Crippen molar-refractivity contribution in [2.24, 2.45) is 5.73 Å². The molecule has 2 aromatic rings. The molecule has 1 aromatic heterocycles. The predicted octanol–water partition coefficient (Wildman–Crippen LogP) is 3.39. The number of amides is 1. The standard InChI is InChI=1S/C20H22F4N4O3/c21-13-8-12-10-27(26-17(12)16(9-13)18(25)29)14-6-7-28(11-14,15-4-2-1-3-5-15)31-19(30)20(22,23)24/h8-10,14-15H,1-7,11H2,(H-,25,29)/p+1. The van der Waals surface area contributed by atoms with Crippen LogP contribution in [-0.4, -0.2) is 51.6 Å². The summed E-state index contributed by atoms with van der Waals surface area (Å²) in [7, 11) is 0. The summed E-state index contributed by atoms with van der Waals surface area (Å²) < 4.78 is 53.9. The fraction of sp³-hybridized carbons (Fsp3) is 0.550. The SMILES string of the molecule is NC(=O)c1cc(F)cc2cn(C3CC[N+](OC(=O)C(F)(F)F)(C4CCCCC4)C3)nc12. The van der Waals surface area contributed by atoms with E-state index in [-0.39, 0.29) is 36.3 Å². The molecule has 2 aliphatic rings. The van der Waals surface area contributed by atoms with Crippen molar-refractivity contribution >= 4 is 22.8 Å². The highest BCUT2D eigenvalue weighted by atomic mass is 19.4. The van der Waals surface area contributed by atoms with Gasteiger partial charge in [-0.25, -0.2) is 9.18 Å². The van der Waals surface area contributed by atoms with Crippen molar-refractivity contribution in [2.75, 3.05) is 13.1 Å². The molecule has 2 atom stereocenters. The van der Waals surface area contributed by atoms with Crippen LogP contribution in [0.5, 0.6) is 0 Å². The van der Waals surface area contributed by atoms with Gasteiger partial charge in [-0.3, -0.25) is 14.3 Å². The predicted molar refractivity (Wildman–Crippen MR) is 101 cm³/mol. The van der Waals surface area contributed by atoms with Gasteiger partial charge in [-0.1, -0.05) is 6.42 Å². The topological polar surface area (TPSA) is 87.2 Å². The summed E-state index contributed by atoms with van der Waals surface area (Å²) in [4.78, 5) is 28.5. The number of fused-ring (bicyclic) bond motifs is 1. The van der Waals surface area contributed by atoms with Crippen LogP contribution in [-0.2, 0) is 9.63 Å². The first kappa shape index (κ1) is 21.5. The van der Waals surface area contributed by atoms with Crippen molar-refractivity contribution in [3.8, 4) is 0 Å². The quantitative estimate of drug-likeness (QED) is 0.580. The third-order valence-corrected chi connectivity index (χ3v) is 6.33. The number of likely N-dealkylation sites (tertiary alicyclic amines) is 1. The van der Waals surface area contributed by atoms with Crippen LogP contribution in [0.2, 0.25) is 0 Å². The Morgan fingerprint density at radius 3 is 2.52 bits per heavy atom. The van der Waals surface area contributed by atoms with Gasteiger partial charge in [0, 0.05) is 30.8 Å². The number of hydrogen-bond donors (Lipinski definition) is 1. The van der Waals surface area contributed by atoms with Gasteiger partial charge in [0.1, 0.15) is 36.5 Å². The largest absolute Gasteiger partial charge is 0.497 e. The molecule has 2 fully saturated rings. The van der Waals surface area contributed by atoms with E-state index in [1.807, 2.05) is 0 Å². The van der Waals surface area contributed by atoms with Crippen molar-refractivity contribution in [3.63, 3.8) is 0 Å². The summed E-state index contributed by atoms with van der Waals surface area (Å²) in [6.07, 6.45) is 0.973. The van der Waals surface area contributed by atoms with E-state index in [1.54, 1.807) is 6.20 Å². The van der Waals surface area contributed by atoms with Gasteiger partial charge in [-0.2, -0.15) is 18.3 Å². The lowest BCUT2D eigenvalue weighted by Crippen LogP contribution is -2.57. The van der Waals surface area contributed by atoms with E-state index in [1.165, 1.54) is 10.7 Å². The fourth-order valence-electron chi connectivity index (χ4n) is 4.87. The second-order valence-corrected chi connectivity index (χ2v) is 8.33. The van der Waals surface area contributed by atoms with Gasteiger partial charge in [-0.15, -0.1) is 4.65 Å². The summed E-state index contributed by atoms with van der Waals surface area (Å²) >= 11 is 0. The van der Waals surface area contributed by atoms with Gasteiger partial charge in [0.05, 0.1) is 5.56 Å². The second-order valence-electron chi connectivity index (χ2n) is 8.33. The number of benzene rings is 1. The molecule has 0 bridgehead atoms. The first-order chi connectivity index (χ1) is 14.6. The third kappa shape index (κ3) is 4.10. The minimum absolute atomic E-state index is 0.0664. The first-order valence-corrected chi connectivity index (χ1v) is 10.2. The molecule has 31 heavy (non-hydrogen) atoms. The summed E-state index contributed by atoms with van der Waals surface area (Å²) in [5, 5.41) is 4.74. The Morgan fingerprint density at radius 1 is 1.16 bits per heavy atom. The highest BCUT2D eigenvalue weighted by Gasteiger charge is 2.54. The van der Waals surface area contributed by atoms with Crippen LogP contribution in [0, 0.1) is 5.82 Å². The maximum absolute atomic E-state index is 13.9.